The van der Waals surface area contributed by atoms with Crippen LogP contribution in [0.15, 0.2) is 77.9 Å². The number of hydrazone groups is 1. The molecule has 0 unspecified atom stereocenters. The van der Waals surface area contributed by atoms with Crippen LogP contribution in [0.25, 0.3) is 0 Å². The molecule has 0 spiro atoms. The maximum absolute atomic E-state index is 11.5. The molecular weight excluding hydrogens is 464 g/mol. The van der Waals surface area contributed by atoms with Crippen LogP contribution in [0.5, 0.6) is 11.5 Å². The molecule has 36 heavy (non-hydrogen) atoms. The number of fused-ring (bicyclic) bond motifs is 1. The Kier molecular flexibility index (Phi) is 6.47. The second-order valence-corrected chi connectivity index (χ2v) is 7.53. The number of nitro groups is 1. The fourth-order valence-electron chi connectivity index (χ4n) is 3.36. The van der Waals surface area contributed by atoms with Gasteiger partial charge in [0.05, 0.1) is 22.8 Å². The Bertz CT molecular complexity index is 1400. The van der Waals surface area contributed by atoms with E-state index < -0.39 is 4.92 Å². The van der Waals surface area contributed by atoms with Crippen LogP contribution >= 0.6 is 0 Å². The first-order valence-electron chi connectivity index (χ1n) is 10.9. The number of hydrogen-bond acceptors (Lipinski definition) is 11. The number of rotatable bonds is 9. The first-order valence-corrected chi connectivity index (χ1v) is 10.9. The van der Waals surface area contributed by atoms with Gasteiger partial charge < -0.3 is 20.1 Å². The topological polar surface area (TPSA) is 149 Å². The van der Waals surface area contributed by atoms with E-state index in [-0.39, 0.29) is 24.0 Å². The Morgan fingerprint density at radius 3 is 2.33 bits per heavy atom. The number of ether oxygens (including phenoxy) is 2. The first kappa shape index (κ1) is 22.5. The van der Waals surface area contributed by atoms with Crippen LogP contribution in [0.1, 0.15) is 11.1 Å². The van der Waals surface area contributed by atoms with Crippen molar-refractivity contribution in [2.75, 3.05) is 22.9 Å². The number of nitrogens with one attached hydrogen (secondary N) is 3. The molecule has 0 atom stereocenters. The monoisotopic (exact) mass is 484 g/mol. The van der Waals surface area contributed by atoms with Crippen molar-refractivity contribution in [2.45, 2.75) is 6.54 Å². The van der Waals surface area contributed by atoms with Crippen molar-refractivity contribution in [3.05, 3.63) is 94.0 Å². The third-order valence-corrected chi connectivity index (χ3v) is 5.05. The molecule has 2 heterocycles. The highest BCUT2D eigenvalue weighted by Gasteiger charge is 2.22. The van der Waals surface area contributed by atoms with E-state index in [4.69, 9.17) is 9.47 Å². The van der Waals surface area contributed by atoms with Crippen molar-refractivity contribution < 1.29 is 14.4 Å². The van der Waals surface area contributed by atoms with Gasteiger partial charge in [0.15, 0.2) is 11.5 Å². The van der Waals surface area contributed by atoms with Crippen molar-refractivity contribution in [3.8, 4) is 11.5 Å². The number of para-hydroxylation sites is 1. The summed E-state index contributed by atoms with van der Waals surface area (Å²) >= 11 is 0. The second kappa shape index (κ2) is 10.3. The first-order chi connectivity index (χ1) is 17.6. The van der Waals surface area contributed by atoms with E-state index in [9.17, 15) is 10.1 Å². The van der Waals surface area contributed by atoms with Gasteiger partial charge in [0.25, 0.3) is 5.69 Å². The third kappa shape index (κ3) is 5.44. The molecule has 0 amide bonds. The summed E-state index contributed by atoms with van der Waals surface area (Å²) in [7, 11) is 0. The lowest BCUT2D eigenvalue weighted by molar-refractivity contribution is -0.385. The molecule has 0 saturated carbocycles. The molecule has 0 radical (unpaired) electrons. The fourth-order valence-corrected chi connectivity index (χ4v) is 3.36. The molecule has 5 rings (SSSR count). The minimum atomic E-state index is -0.514. The van der Waals surface area contributed by atoms with Gasteiger partial charge in [-0.15, -0.1) is 0 Å². The molecule has 12 nitrogen and oxygen atoms in total. The maximum Gasteiger partial charge on any atom is 0.282 e. The molecule has 0 fully saturated rings. The molecule has 0 saturated heterocycles. The van der Waals surface area contributed by atoms with Gasteiger partial charge in [-0.3, -0.25) is 10.1 Å². The molecule has 0 bridgehead atoms. The molecule has 3 N–H and O–H groups in total. The SMILES string of the molecule is O=[N+]([O-])c1cc2c(cc1C=NNc1nc(NCc3ccccc3)nc(Nc3ccccc3)n1)OCO2. The molecule has 4 aromatic rings. The lowest BCUT2D eigenvalue weighted by atomic mass is 10.1. The zero-order valence-corrected chi connectivity index (χ0v) is 18.8. The highest BCUT2D eigenvalue weighted by molar-refractivity contribution is 5.87. The Labute approximate surface area is 205 Å². The van der Waals surface area contributed by atoms with Gasteiger partial charge in [0, 0.05) is 12.2 Å². The summed E-state index contributed by atoms with van der Waals surface area (Å²) in [6.07, 6.45) is 1.30. The Balaban J connectivity index is 1.38. The van der Waals surface area contributed by atoms with E-state index in [0.717, 1.165) is 11.3 Å². The minimum absolute atomic E-state index is 0.00609. The number of hydrogen-bond donors (Lipinski definition) is 3. The van der Waals surface area contributed by atoms with Gasteiger partial charge in [-0.05, 0) is 23.8 Å². The summed E-state index contributed by atoms with van der Waals surface area (Å²) in [6, 6.07) is 22.1. The van der Waals surface area contributed by atoms with Crippen LogP contribution in [-0.4, -0.2) is 32.9 Å². The molecule has 1 aromatic heterocycles. The van der Waals surface area contributed by atoms with Gasteiger partial charge in [-0.25, -0.2) is 5.43 Å². The Morgan fingerprint density at radius 2 is 1.58 bits per heavy atom. The summed E-state index contributed by atoms with van der Waals surface area (Å²) in [5.74, 6) is 1.47. The number of nitro benzene ring substituents is 1. The van der Waals surface area contributed by atoms with Crippen LogP contribution < -0.4 is 25.5 Å². The standard InChI is InChI=1S/C24H20N8O4/c33-32(34)19-12-21-20(35-15-36-21)11-17(19)14-26-31-24-29-22(25-13-16-7-3-1-4-8-16)28-23(30-24)27-18-9-5-2-6-10-18/h1-12,14H,13,15H2,(H3,25,27,28,29,30,31). The largest absolute Gasteiger partial charge is 0.454 e. The molecule has 3 aromatic carbocycles. The van der Waals surface area contributed by atoms with E-state index >= 15 is 0 Å². The number of benzene rings is 3. The Hall–Kier alpha value is -5.26. The summed E-state index contributed by atoms with van der Waals surface area (Å²) in [4.78, 5) is 24.1. The van der Waals surface area contributed by atoms with Crippen molar-refractivity contribution in [1.82, 2.24) is 15.0 Å². The maximum atomic E-state index is 11.5. The average Bonchev–Trinajstić information content (AvgIpc) is 3.36. The van der Waals surface area contributed by atoms with Crippen molar-refractivity contribution in [2.24, 2.45) is 5.10 Å². The van der Waals surface area contributed by atoms with Crippen LogP contribution in [0.3, 0.4) is 0 Å². The van der Waals surface area contributed by atoms with Crippen LogP contribution in [0.2, 0.25) is 0 Å². The van der Waals surface area contributed by atoms with E-state index in [0.29, 0.717) is 29.9 Å². The second-order valence-electron chi connectivity index (χ2n) is 7.53. The third-order valence-electron chi connectivity index (χ3n) is 5.05. The average molecular weight is 484 g/mol. The van der Waals surface area contributed by atoms with Crippen molar-refractivity contribution >= 4 is 35.4 Å². The van der Waals surface area contributed by atoms with Crippen molar-refractivity contribution in [3.63, 3.8) is 0 Å². The smallest absolute Gasteiger partial charge is 0.282 e. The van der Waals surface area contributed by atoms with Crippen LogP contribution in [-0.2, 0) is 6.54 Å². The zero-order valence-electron chi connectivity index (χ0n) is 18.8. The Morgan fingerprint density at radius 1 is 0.917 bits per heavy atom. The summed E-state index contributed by atoms with van der Waals surface area (Å²) in [5, 5.41) is 21.9. The molecule has 0 aliphatic carbocycles. The van der Waals surface area contributed by atoms with E-state index in [1.165, 1.54) is 18.3 Å². The van der Waals surface area contributed by atoms with Gasteiger partial charge in [-0.1, -0.05) is 48.5 Å². The zero-order chi connectivity index (χ0) is 24.7. The van der Waals surface area contributed by atoms with E-state index in [1.54, 1.807) is 0 Å². The summed E-state index contributed by atoms with van der Waals surface area (Å²) in [6.45, 7) is 0.508. The quantitative estimate of drug-likeness (QED) is 0.178. The molecular formula is C24H20N8O4. The van der Waals surface area contributed by atoms with Gasteiger partial charge in [-0.2, -0.15) is 20.1 Å². The molecule has 12 heteroatoms. The predicted octanol–water partition coefficient (Wildman–Crippen LogP) is 4.31. The number of aromatic nitrogens is 3. The molecule has 1 aliphatic rings. The predicted molar refractivity (Wildman–Crippen MR) is 134 cm³/mol. The van der Waals surface area contributed by atoms with E-state index in [1.807, 2.05) is 60.7 Å². The van der Waals surface area contributed by atoms with Crippen LogP contribution in [0, 0.1) is 10.1 Å². The fraction of sp³-hybridized carbons (Fsp3) is 0.0833. The molecule has 180 valence electrons. The van der Waals surface area contributed by atoms with Gasteiger partial charge >= 0.3 is 0 Å². The normalized spacial score (nSPS) is 11.9. The van der Waals surface area contributed by atoms with Crippen LogP contribution in [0.4, 0.5) is 29.2 Å². The molecule has 1 aliphatic heterocycles. The highest BCUT2D eigenvalue weighted by Crippen LogP contribution is 2.37. The van der Waals surface area contributed by atoms with Crippen molar-refractivity contribution in [1.29, 1.82) is 0 Å². The number of anilines is 4. The summed E-state index contributed by atoms with van der Waals surface area (Å²) in [5.41, 5.74) is 4.64. The summed E-state index contributed by atoms with van der Waals surface area (Å²) < 4.78 is 10.5. The lowest BCUT2D eigenvalue weighted by Gasteiger charge is -2.10. The van der Waals surface area contributed by atoms with Gasteiger partial charge in [0.1, 0.15) is 0 Å². The van der Waals surface area contributed by atoms with Gasteiger partial charge in [0.2, 0.25) is 24.6 Å². The number of nitrogens with zero attached hydrogens (tertiary/aromatic N) is 5. The highest BCUT2D eigenvalue weighted by atomic mass is 16.7. The lowest BCUT2D eigenvalue weighted by Crippen LogP contribution is -2.09. The minimum Gasteiger partial charge on any atom is -0.454 e. The van der Waals surface area contributed by atoms with E-state index in [2.05, 4.69) is 36.1 Å².